The number of rotatable bonds is 4. The number of nitrogens with zero attached hydrogens (tertiary/aromatic N) is 2. The molecule has 1 aromatic heterocycles. The molecule has 0 aliphatic carbocycles. The van der Waals surface area contributed by atoms with Crippen molar-refractivity contribution in [3.05, 3.63) is 88.4 Å². The van der Waals surface area contributed by atoms with Crippen LogP contribution in [-0.2, 0) is 12.8 Å². The maximum absolute atomic E-state index is 13.5. The van der Waals surface area contributed by atoms with E-state index in [9.17, 15) is 18.4 Å². The Bertz CT molecular complexity index is 1130. The predicted octanol–water partition coefficient (Wildman–Crippen LogP) is 4.23. The van der Waals surface area contributed by atoms with Crippen LogP contribution in [0.4, 0.5) is 13.2 Å². The standard InChI is InChI=1S/C21H15F3N4O2/c22-21(23,24)18-17-16(15(10-25)19(26)30-20(17)28-27-18)13-6-8-14(9-7-13)29-11-12-4-2-1-3-5-12/h1-9,16H,11,26H2,(H,27,28). The Morgan fingerprint density at radius 2 is 1.83 bits per heavy atom. The molecule has 1 aliphatic rings. The fraction of sp³-hybridized carbons (Fsp3) is 0.143. The number of benzene rings is 2. The van der Waals surface area contributed by atoms with Crippen LogP contribution in [-0.4, -0.2) is 10.2 Å². The van der Waals surface area contributed by atoms with E-state index in [2.05, 4.69) is 5.10 Å². The molecule has 152 valence electrons. The Labute approximate surface area is 169 Å². The van der Waals surface area contributed by atoms with Crippen LogP contribution in [0, 0.1) is 11.3 Å². The van der Waals surface area contributed by atoms with Crippen molar-refractivity contribution in [1.29, 1.82) is 5.26 Å². The molecule has 3 N–H and O–H groups in total. The summed E-state index contributed by atoms with van der Waals surface area (Å²) in [5.74, 6) is -1.11. The van der Waals surface area contributed by atoms with Gasteiger partial charge in [-0.15, -0.1) is 5.10 Å². The highest BCUT2D eigenvalue weighted by atomic mass is 19.4. The smallest absolute Gasteiger partial charge is 0.433 e. The Kier molecular flexibility index (Phi) is 4.83. The Morgan fingerprint density at radius 1 is 1.13 bits per heavy atom. The minimum Gasteiger partial charge on any atom is -0.489 e. The third-order valence-corrected chi connectivity index (χ3v) is 4.68. The van der Waals surface area contributed by atoms with Crippen LogP contribution in [0.25, 0.3) is 0 Å². The second kappa shape index (κ2) is 7.48. The van der Waals surface area contributed by atoms with Gasteiger partial charge in [0.05, 0.1) is 11.5 Å². The molecular weight excluding hydrogens is 397 g/mol. The van der Waals surface area contributed by atoms with Crippen molar-refractivity contribution in [2.75, 3.05) is 0 Å². The third-order valence-electron chi connectivity index (χ3n) is 4.68. The van der Waals surface area contributed by atoms with Gasteiger partial charge in [-0.2, -0.15) is 18.4 Å². The molecule has 1 atom stereocenters. The molecule has 0 fully saturated rings. The van der Waals surface area contributed by atoms with Crippen LogP contribution < -0.4 is 15.2 Å². The predicted molar refractivity (Wildman–Crippen MR) is 100 cm³/mol. The van der Waals surface area contributed by atoms with Crippen molar-refractivity contribution in [3.63, 3.8) is 0 Å². The van der Waals surface area contributed by atoms with Crippen LogP contribution in [0.2, 0.25) is 0 Å². The molecule has 0 saturated heterocycles. The third kappa shape index (κ3) is 3.55. The number of nitriles is 1. The summed E-state index contributed by atoms with van der Waals surface area (Å²) >= 11 is 0. The first-order valence-corrected chi connectivity index (χ1v) is 8.88. The molecule has 1 aliphatic heterocycles. The van der Waals surface area contributed by atoms with Gasteiger partial charge in [0.15, 0.2) is 0 Å². The lowest BCUT2D eigenvalue weighted by Crippen LogP contribution is -2.22. The first-order chi connectivity index (χ1) is 14.4. The number of allylic oxidation sites excluding steroid dienone is 1. The summed E-state index contributed by atoms with van der Waals surface area (Å²) < 4.78 is 51.3. The molecule has 2 aromatic carbocycles. The number of fused-ring (bicyclic) bond motifs is 1. The summed E-state index contributed by atoms with van der Waals surface area (Å²) in [6.07, 6.45) is -4.70. The van der Waals surface area contributed by atoms with Gasteiger partial charge in [-0.3, -0.25) is 5.10 Å². The van der Waals surface area contributed by atoms with Crippen molar-refractivity contribution in [1.82, 2.24) is 10.2 Å². The zero-order valence-electron chi connectivity index (χ0n) is 15.4. The van der Waals surface area contributed by atoms with E-state index in [1.807, 2.05) is 41.5 Å². The molecular formula is C21H15F3N4O2. The second-order valence-corrected chi connectivity index (χ2v) is 6.58. The molecule has 6 nitrogen and oxygen atoms in total. The highest BCUT2D eigenvalue weighted by Gasteiger charge is 2.44. The quantitative estimate of drug-likeness (QED) is 0.669. The van der Waals surface area contributed by atoms with Crippen LogP contribution in [0.1, 0.15) is 28.3 Å². The number of ether oxygens (including phenoxy) is 2. The lowest BCUT2D eigenvalue weighted by Gasteiger charge is -2.24. The molecule has 30 heavy (non-hydrogen) atoms. The van der Waals surface area contributed by atoms with Gasteiger partial charge >= 0.3 is 6.18 Å². The van der Waals surface area contributed by atoms with Gasteiger partial charge in [0.1, 0.15) is 29.7 Å². The molecule has 2 heterocycles. The molecule has 0 saturated carbocycles. The number of aromatic nitrogens is 2. The van der Waals surface area contributed by atoms with E-state index in [1.165, 1.54) is 0 Å². The van der Waals surface area contributed by atoms with E-state index in [0.717, 1.165) is 5.56 Å². The number of alkyl halides is 3. The normalized spacial score (nSPS) is 15.9. The zero-order chi connectivity index (χ0) is 21.3. The number of nitrogens with one attached hydrogen (secondary N) is 1. The number of aromatic amines is 1. The Morgan fingerprint density at radius 3 is 2.47 bits per heavy atom. The monoisotopic (exact) mass is 412 g/mol. The van der Waals surface area contributed by atoms with Crippen molar-refractivity contribution >= 4 is 0 Å². The van der Waals surface area contributed by atoms with E-state index in [-0.39, 0.29) is 22.9 Å². The van der Waals surface area contributed by atoms with E-state index in [0.29, 0.717) is 17.9 Å². The van der Waals surface area contributed by atoms with Gasteiger partial charge in [0.25, 0.3) is 0 Å². The molecule has 3 aromatic rings. The van der Waals surface area contributed by atoms with Crippen molar-refractivity contribution in [3.8, 4) is 17.7 Å². The highest BCUT2D eigenvalue weighted by molar-refractivity contribution is 5.56. The van der Waals surface area contributed by atoms with Crippen LogP contribution in [0.5, 0.6) is 11.6 Å². The van der Waals surface area contributed by atoms with Crippen LogP contribution in [0.15, 0.2) is 66.1 Å². The first-order valence-electron chi connectivity index (χ1n) is 8.88. The Hall–Kier alpha value is -3.93. The van der Waals surface area contributed by atoms with Crippen LogP contribution >= 0.6 is 0 Å². The first kappa shape index (κ1) is 19.4. The summed E-state index contributed by atoms with van der Waals surface area (Å²) in [4.78, 5) is 0. The average molecular weight is 412 g/mol. The van der Waals surface area contributed by atoms with Crippen LogP contribution in [0.3, 0.4) is 0 Å². The molecule has 1 unspecified atom stereocenters. The van der Waals surface area contributed by atoms with Crippen molar-refractivity contribution in [2.24, 2.45) is 5.73 Å². The summed E-state index contributed by atoms with van der Waals surface area (Å²) in [5.41, 5.74) is 5.71. The minimum atomic E-state index is -4.70. The van der Waals surface area contributed by atoms with Gasteiger partial charge in [0, 0.05) is 0 Å². The number of H-pyrrole nitrogens is 1. The summed E-state index contributed by atoms with van der Waals surface area (Å²) in [6, 6.07) is 17.8. The van der Waals surface area contributed by atoms with Gasteiger partial charge < -0.3 is 15.2 Å². The van der Waals surface area contributed by atoms with E-state index >= 15 is 0 Å². The molecule has 0 spiro atoms. The van der Waals surface area contributed by atoms with E-state index in [4.69, 9.17) is 15.2 Å². The van der Waals surface area contributed by atoms with Crippen molar-refractivity contribution in [2.45, 2.75) is 18.7 Å². The van der Waals surface area contributed by atoms with E-state index < -0.39 is 17.8 Å². The molecule has 9 heteroatoms. The maximum atomic E-state index is 13.5. The summed E-state index contributed by atoms with van der Waals surface area (Å²) in [7, 11) is 0. The number of halogens is 3. The fourth-order valence-electron chi connectivity index (χ4n) is 3.29. The summed E-state index contributed by atoms with van der Waals surface area (Å²) in [6.45, 7) is 0.345. The Balaban J connectivity index is 1.67. The molecule has 0 radical (unpaired) electrons. The van der Waals surface area contributed by atoms with Gasteiger partial charge in [-0.1, -0.05) is 42.5 Å². The summed E-state index contributed by atoms with van der Waals surface area (Å²) in [5, 5.41) is 15.0. The topological polar surface area (TPSA) is 97.0 Å². The lowest BCUT2D eigenvalue weighted by atomic mass is 9.84. The van der Waals surface area contributed by atoms with Gasteiger partial charge in [0.2, 0.25) is 11.8 Å². The maximum Gasteiger partial charge on any atom is 0.433 e. The number of nitrogens with two attached hydrogens (primary N) is 1. The van der Waals surface area contributed by atoms with E-state index in [1.54, 1.807) is 24.3 Å². The lowest BCUT2D eigenvalue weighted by molar-refractivity contribution is -0.141. The molecule has 0 amide bonds. The SMILES string of the molecule is N#CC1=C(N)Oc2n[nH]c(C(F)(F)F)c2C1c1ccc(OCc2ccccc2)cc1. The number of hydrogen-bond acceptors (Lipinski definition) is 5. The van der Waals surface area contributed by atoms with Crippen molar-refractivity contribution < 1.29 is 22.6 Å². The molecule has 4 rings (SSSR count). The molecule has 0 bridgehead atoms. The van der Waals surface area contributed by atoms with Gasteiger partial charge in [-0.05, 0) is 23.3 Å². The minimum absolute atomic E-state index is 0.118. The number of hydrogen-bond donors (Lipinski definition) is 2. The second-order valence-electron chi connectivity index (χ2n) is 6.58. The largest absolute Gasteiger partial charge is 0.489 e. The highest BCUT2D eigenvalue weighted by Crippen LogP contribution is 2.46. The zero-order valence-corrected chi connectivity index (χ0v) is 15.4. The fourth-order valence-corrected chi connectivity index (χ4v) is 3.29. The van der Waals surface area contributed by atoms with Gasteiger partial charge in [-0.25, -0.2) is 0 Å². The average Bonchev–Trinajstić information content (AvgIpc) is 3.16.